The molecule has 1 saturated heterocycles. The Morgan fingerprint density at radius 3 is 2.61 bits per heavy atom. The number of unbranched alkanes of at least 4 members (excludes halogenated alkanes) is 1. The van der Waals surface area contributed by atoms with Crippen LogP contribution in [0.15, 0.2) is 0 Å². The fourth-order valence-electron chi connectivity index (χ4n) is 2.27. The molecule has 0 spiro atoms. The van der Waals surface area contributed by atoms with Crippen LogP contribution in [0.4, 0.5) is 0 Å². The number of carboxylic acid groups (broad SMARTS) is 1. The zero-order valence-corrected chi connectivity index (χ0v) is 11.6. The molecule has 0 aromatic rings. The average molecular weight is 252 g/mol. The maximum Gasteiger partial charge on any atom is 0.306 e. The summed E-state index contributed by atoms with van der Waals surface area (Å²) < 4.78 is 0. The molecule has 1 heterocycles. The number of carboxylic acids is 1. The molecule has 0 saturated carbocycles. The Morgan fingerprint density at radius 2 is 2.11 bits per heavy atom. The lowest BCUT2D eigenvalue weighted by molar-refractivity contribution is -0.145. The number of hydrogen-bond acceptors (Lipinski definition) is 3. The van der Waals surface area contributed by atoms with Crippen molar-refractivity contribution in [2.75, 3.05) is 19.6 Å². The van der Waals surface area contributed by atoms with Gasteiger partial charge in [0.2, 0.25) is 0 Å². The first kappa shape index (κ1) is 15.0. The van der Waals surface area contributed by atoms with Gasteiger partial charge in [-0.1, -0.05) is 13.3 Å². The largest absolute Gasteiger partial charge is 0.481 e. The van der Waals surface area contributed by atoms with E-state index in [1.165, 1.54) is 0 Å². The van der Waals surface area contributed by atoms with Gasteiger partial charge >= 0.3 is 5.97 Å². The Hall–Kier alpha value is -1.08. The van der Waals surface area contributed by atoms with Gasteiger partial charge < -0.3 is 10.0 Å². The second-order valence-electron chi connectivity index (χ2n) is 6.10. The summed E-state index contributed by atoms with van der Waals surface area (Å²) in [6, 6.07) is 2.31. The normalized spacial score (nSPS) is 19.0. The van der Waals surface area contributed by atoms with Crippen molar-refractivity contribution in [2.24, 2.45) is 17.3 Å². The summed E-state index contributed by atoms with van der Waals surface area (Å²) in [6.07, 6.45) is 3.10. The van der Waals surface area contributed by atoms with Crippen molar-refractivity contribution >= 4 is 5.97 Å². The van der Waals surface area contributed by atoms with Gasteiger partial charge in [0.25, 0.3) is 0 Å². The lowest BCUT2D eigenvalue weighted by Gasteiger charge is -2.41. The highest BCUT2D eigenvalue weighted by atomic mass is 16.4. The molecule has 4 nitrogen and oxygen atoms in total. The van der Waals surface area contributed by atoms with Crippen molar-refractivity contribution in [3.05, 3.63) is 0 Å². The maximum atomic E-state index is 10.8. The minimum absolute atomic E-state index is 0.213. The molecule has 1 unspecified atom stereocenters. The number of nitrogens with zero attached hydrogens (tertiary/aromatic N) is 2. The van der Waals surface area contributed by atoms with Crippen LogP contribution >= 0.6 is 0 Å². The highest BCUT2D eigenvalue weighted by molar-refractivity contribution is 5.70. The average Bonchev–Trinajstić information content (AvgIpc) is 2.25. The zero-order chi connectivity index (χ0) is 13.8. The van der Waals surface area contributed by atoms with Gasteiger partial charge in [-0.25, -0.2) is 0 Å². The predicted octanol–water partition coefficient (Wildman–Crippen LogP) is 2.36. The summed E-state index contributed by atoms with van der Waals surface area (Å²) >= 11 is 0. The monoisotopic (exact) mass is 252 g/mol. The lowest BCUT2D eigenvalue weighted by Crippen LogP contribution is -2.51. The van der Waals surface area contributed by atoms with E-state index >= 15 is 0 Å². The maximum absolute atomic E-state index is 10.8. The second kappa shape index (κ2) is 6.19. The van der Waals surface area contributed by atoms with Gasteiger partial charge in [-0.3, -0.25) is 4.79 Å². The van der Waals surface area contributed by atoms with E-state index < -0.39 is 5.97 Å². The molecule has 0 bridgehead atoms. The Bertz CT molecular complexity index is 327. The second-order valence-corrected chi connectivity index (χ2v) is 6.10. The Kier molecular flexibility index (Phi) is 5.15. The van der Waals surface area contributed by atoms with E-state index in [2.05, 4.69) is 11.0 Å². The van der Waals surface area contributed by atoms with E-state index in [9.17, 15) is 4.79 Å². The minimum atomic E-state index is -0.685. The molecule has 0 aromatic carbocycles. The first-order chi connectivity index (χ1) is 8.35. The van der Waals surface area contributed by atoms with E-state index in [4.69, 9.17) is 10.4 Å². The van der Waals surface area contributed by atoms with Gasteiger partial charge in [0.05, 0.1) is 17.4 Å². The third-order valence-electron chi connectivity index (χ3n) is 3.91. The molecule has 0 aromatic heterocycles. The molecule has 102 valence electrons. The highest BCUT2D eigenvalue weighted by Crippen LogP contribution is 2.25. The predicted molar refractivity (Wildman–Crippen MR) is 70.0 cm³/mol. The molecule has 1 fully saturated rings. The number of likely N-dealkylation sites (tertiary alicyclic amines) is 1. The van der Waals surface area contributed by atoms with Crippen LogP contribution in [0.2, 0.25) is 0 Å². The molecule has 1 N–H and O–H groups in total. The molecule has 18 heavy (non-hydrogen) atoms. The van der Waals surface area contributed by atoms with Crippen molar-refractivity contribution in [1.29, 1.82) is 5.26 Å². The van der Waals surface area contributed by atoms with E-state index in [1.54, 1.807) is 6.92 Å². The summed E-state index contributed by atoms with van der Waals surface area (Å²) in [7, 11) is 0. The van der Waals surface area contributed by atoms with Crippen LogP contribution in [0.25, 0.3) is 0 Å². The van der Waals surface area contributed by atoms with Gasteiger partial charge in [-0.05, 0) is 39.2 Å². The van der Waals surface area contributed by atoms with Crippen LogP contribution in [0.3, 0.4) is 0 Å². The Balaban J connectivity index is 2.08. The van der Waals surface area contributed by atoms with E-state index in [1.807, 2.05) is 13.8 Å². The van der Waals surface area contributed by atoms with E-state index in [-0.39, 0.29) is 11.3 Å². The van der Waals surface area contributed by atoms with Gasteiger partial charge in [0, 0.05) is 13.1 Å². The number of nitriles is 1. The highest BCUT2D eigenvalue weighted by Gasteiger charge is 2.34. The molecule has 1 atom stereocenters. The fraction of sp³-hybridized carbons (Fsp3) is 0.857. The summed E-state index contributed by atoms with van der Waals surface area (Å²) in [5, 5.41) is 17.8. The van der Waals surface area contributed by atoms with E-state index in [0.717, 1.165) is 38.9 Å². The Labute approximate surface area is 110 Å². The summed E-state index contributed by atoms with van der Waals surface area (Å²) in [4.78, 5) is 13.1. The Morgan fingerprint density at radius 1 is 1.50 bits per heavy atom. The molecule has 1 aliphatic heterocycles. The quantitative estimate of drug-likeness (QED) is 0.706. The molecule has 0 aliphatic carbocycles. The smallest absolute Gasteiger partial charge is 0.306 e. The molecule has 1 aliphatic rings. The van der Waals surface area contributed by atoms with Crippen molar-refractivity contribution in [1.82, 2.24) is 4.90 Å². The number of aliphatic carboxylic acids is 1. The van der Waals surface area contributed by atoms with Crippen molar-refractivity contribution in [3.8, 4) is 6.07 Å². The first-order valence-electron chi connectivity index (χ1n) is 6.72. The number of carbonyl (C=O) groups is 1. The molecule has 1 rings (SSSR count). The SMILES string of the molecule is CC(C(=O)O)C1CN(CCCCC(C)(C)C#N)C1. The van der Waals surface area contributed by atoms with Crippen molar-refractivity contribution < 1.29 is 9.90 Å². The zero-order valence-electron chi connectivity index (χ0n) is 11.6. The topological polar surface area (TPSA) is 64.3 Å². The van der Waals surface area contributed by atoms with Crippen molar-refractivity contribution in [2.45, 2.75) is 40.0 Å². The lowest BCUT2D eigenvalue weighted by atomic mass is 9.86. The van der Waals surface area contributed by atoms with Gasteiger partial charge in [0.1, 0.15) is 0 Å². The van der Waals surface area contributed by atoms with Crippen LogP contribution in [-0.4, -0.2) is 35.6 Å². The minimum Gasteiger partial charge on any atom is -0.481 e. The third kappa shape index (κ3) is 4.30. The summed E-state index contributed by atoms with van der Waals surface area (Å²) in [5.74, 6) is -0.591. The standard InChI is InChI=1S/C14H24N2O2/c1-11(13(17)18)12-8-16(9-12)7-5-4-6-14(2,3)10-15/h11-12H,4-9H2,1-3H3,(H,17,18). The van der Waals surface area contributed by atoms with Gasteiger partial charge in [0.15, 0.2) is 0 Å². The van der Waals surface area contributed by atoms with Crippen LogP contribution in [0.1, 0.15) is 40.0 Å². The number of rotatable bonds is 7. The van der Waals surface area contributed by atoms with Gasteiger partial charge in [-0.15, -0.1) is 0 Å². The van der Waals surface area contributed by atoms with E-state index in [0.29, 0.717) is 5.92 Å². The van der Waals surface area contributed by atoms with Crippen LogP contribution in [0.5, 0.6) is 0 Å². The molecule has 0 amide bonds. The summed E-state index contributed by atoms with van der Waals surface area (Å²) in [6.45, 7) is 8.59. The molecule has 0 radical (unpaired) electrons. The van der Waals surface area contributed by atoms with Crippen LogP contribution in [-0.2, 0) is 4.79 Å². The van der Waals surface area contributed by atoms with Gasteiger partial charge in [-0.2, -0.15) is 5.26 Å². The molecular formula is C14H24N2O2. The fourth-order valence-corrected chi connectivity index (χ4v) is 2.27. The van der Waals surface area contributed by atoms with Crippen LogP contribution < -0.4 is 0 Å². The van der Waals surface area contributed by atoms with Crippen LogP contribution in [0, 0.1) is 28.6 Å². The molecular weight excluding hydrogens is 228 g/mol. The third-order valence-corrected chi connectivity index (χ3v) is 3.91. The summed E-state index contributed by atoms with van der Waals surface area (Å²) in [5.41, 5.74) is -0.213. The first-order valence-corrected chi connectivity index (χ1v) is 6.72. The van der Waals surface area contributed by atoms with Crippen molar-refractivity contribution in [3.63, 3.8) is 0 Å². The number of hydrogen-bond donors (Lipinski definition) is 1. The molecule has 4 heteroatoms.